The molecule has 1 N–H and O–H groups in total. The highest BCUT2D eigenvalue weighted by atomic mass is 15.5. The maximum Gasteiger partial charge on any atom is 0.227 e. The number of likely N-dealkylation sites (N-methyl/N-ethyl adjacent to an activating group) is 1. The normalized spacial score (nSPS) is 16.4. The van der Waals surface area contributed by atoms with Crippen LogP contribution in [0, 0.1) is 0 Å². The fourth-order valence-corrected chi connectivity index (χ4v) is 3.20. The zero-order chi connectivity index (χ0) is 16.8. The van der Waals surface area contributed by atoms with Crippen molar-refractivity contribution in [2.75, 3.05) is 43.4 Å². The molecule has 9 heteroatoms. The van der Waals surface area contributed by atoms with Gasteiger partial charge in [-0.25, -0.2) is 4.98 Å². The summed E-state index contributed by atoms with van der Waals surface area (Å²) in [5, 5.41) is 15.5. The smallest absolute Gasteiger partial charge is 0.227 e. The summed E-state index contributed by atoms with van der Waals surface area (Å²) < 4.78 is 1.72. The predicted octanol–water partition coefficient (Wildman–Crippen LogP) is 0.928. The van der Waals surface area contributed by atoms with Gasteiger partial charge in [-0.15, -0.1) is 5.10 Å². The van der Waals surface area contributed by atoms with Gasteiger partial charge in [-0.05, 0) is 29.6 Å². The number of fused-ring (bicyclic) bond motifs is 5. The van der Waals surface area contributed by atoms with Gasteiger partial charge in [-0.1, -0.05) is 12.1 Å². The third-order valence-corrected chi connectivity index (χ3v) is 4.66. The molecule has 126 valence electrons. The number of rotatable bonds is 1. The molecule has 2 aromatic heterocycles. The molecule has 5 rings (SSSR count). The van der Waals surface area contributed by atoms with Crippen LogP contribution in [0.1, 0.15) is 0 Å². The van der Waals surface area contributed by atoms with Crippen LogP contribution < -0.4 is 10.2 Å². The van der Waals surface area contributed by atoms with Gasteiger partial charge in [-0.2, -0.15) is 9.67 Å². The average molecular weight is 335 g/mol. The van der Waals surface area contributed by atoms with E-state index < -0.39 is 0 Å². The molecule has 0 saturated carbocycles. The zero-order valence-electron chi connectivity index (χ0n) is 13.8. The van der Waals surface area contributed by atoms with Crippen LogP contribution in [0.3, 0.4) is 0 Å². The lowest BCUT2D eigenvalue weighted by Crippen LogP contribution is -2.45. The van der Waals surface area contributed by atoms with Gasteiger partial charge >= 0.3 is 0 Å². The van der Waals surface area contributed by atoms with Crippen molar-refractivity contribution in [3.8, 4) is 17.1 Å². The molecule has 1 aromatic carbocycles. The minimum Gasteiger partial charge on any atom is -0.338 e. The number of nitrogens with zero attached hydrogens (tertiary/aromatic N) is 8. The summed E-state index contributed by atoms with van der Waals surface area (Å²) in [4.78, 5) is 13.9. The summed E-state index contributed by atoms with van der Waals surface area (Å²) in [5.41, 5.74) is 2.60. The van der Waals surface area contributed by atoms with Gasteiger partial charge in [0.25, 0.3) is 0 Å². The summed E-state index contributed by atoms with van der Waals surface area (Å²) in [6.45, 7) is 3.86. The van der Waals surface area contributed by atoms with Crippen LogP contribution in [-0.4, -0.2) is 68.3 Å². The van der Waals surface area contributed by atoms with Gasteiger partial charge < -0.3 is 15.1 Å². The van der Waals surface area contributed by atoms with Crippen molar-refractivity contribution in [1.82, 2.24) is 35.1 Å². The number of nitrogens with one attached hydrogen (secondary N) is 1. The van der Waals surface area contributed by atoms with E-state index in [9.17, 15) is 0 Å². The number of hydrogen-bond acceptors (Lipinski definition) is 8. The second kappa shape index (κ2) is 5.49. The van der Waals surface area contributed by atoms with E-state index in [4.69, 9.17) is 4.98 Å². The third-order valence-electron chi connectivity index (χ3n) is 4.66. The van der Waals surface area contributed by atoms with E-state index >= 15 is 0 Å². The Morgan fingerprint density at radius 3 is 2.80 bits per heavy atom. The van der Waals surface area contributed by atoms with Gasteiger partial charge in [0.15, 0.2) is 5.82 Å². The Kier molecular flexibility index (Phi) is 3.14. The van der Waals surface area contributed by atoms with E-state index in [2.05, 4.69) is 42.7 Å². The molecule has 0 atom stereocenters. The average Bonchev–Trinajstić information content (AvgIpc) is 3.07. The highest BCUT2D eigenvalue weighted by Crippen LogP contribution is 2.35. The van der Waals surface area contributed by atoms with E-state index in [0.717, 1.165) is 54.9 Å². The molecule has 0 radical (unpaired) electrons. The SMILES string of the molecule is CN1CCN(c2ncc3c(n2)Nc2ccccc2-n2nnnc2-3)CC1. The number of piperazine rings is 1. The van der Waals surface area contributed by atoms with Crippen LogP contribution >= 0.6 is 0 Å². The molecule has 0 spiro atoms. The molecule has 25 heavy (non-hydrogen) atoms. The van der Waals surface area contributed by atoms with Crippen molar-refractivity contribution in [2.24, 2.45) is 0 Å². The molecule has 3 aromatic rings. The van der Waals surface area contributed by atoms with Crippen LogP contribution in [0.2, 0.25) is 0 Å². The Morgan fingerprint density at radius 2 is 1.92 bits per heavy atom. The van der Waals surface area contributed by atoms with E-state index in [1.165, 1.54) is 0 Å². The first-order valence-corrected chi connectivity index (χ1v) is 8.25. The van der Waals surface area contributed by atoms with Crippen molar-refractivity contribution < 1.29 is 0 Å². The highest BCUT2D eigenvalue weighted by Gasteiger charge is 2.25. The van der Waals surface area contributed by atoms with Crippen molar-refractivity contribution in [2.45, 2.75) is 0 Å². The van der Waals surface area contributed by atoms with Gasteiger partial charge in [0.1, 0.15) is 5.82 Å². The molecule has 0 unspecified atom stereocenters. The Hall–Kier alpha value is -3.07. The summed E-state index contributed by atoms with van der Waals surface area (Å²) in [6, 6.07) is 7.91. The zero-order valence-corrected chi connectivity index (χ0v) is 13.8. The van der Waals surface area contributed by atoms with E-state index in [1.807, 2.05) is 24.3 Å². The van der Waals surface area contributed by atoms with Gasteiger partial charge in [0, 0.05) is 32.4 Å². The molecule has 0 amide bonds. The number of benzene rings is 1. The summed E-state index contributed by atoms with van der Waals surface area (Å²) in [7, 11) is 2.13. The topological polar surface area (TPSA) is 87.9 Å². The van der Waals surface area contributed by atoms with Crippen molar-refractivity contribution in [3.05, 3.63) is 30.5 Å². The molecule has 1 saturated heterocycles. The lowest BCUT2D eigenvalue weighted by atomic mass is 10.2. The Balaban J connectivity index is 1.61. The monoisotopic (exact) mass is 335 g/mol. The predicted molar refractivity (Wildman–Crippen MR) is 93.2 cm³/mol. The van der Waals surface area contributed by atoms with Gasteiger partial charge in [0.2, 0.25) is 5.95 Å². The first-order valence-electron chi connectivity index (χ1n) is 8.25. The standard InChI is InChI=1S/C16H17N9/c1-23-6-8-24(9-7-23)16-17-10-11-14(19-16)18-12-4-2-3-5-13(12)25-15(11)20-21-22-25/h2-5,10H,6-9H2,1H3,(H,17,18,19). The first-order chi connectivity index (χ1) is 12.3. The van der Waals surface area contributed by atoms with Gasteiger partial charge in [0.05, 0.1) is 16.9 Å². The number of aromatic nitrogens is 6. The van der Waals surface area contributed by atoms with E-state index in [1.54, 1.807) is 10.9 Å². The molecule has 4 heterocycles. The minimum atomic E-state index is 0.636. The molecule has 0 aliphatic carbocycles. The van der Waals surface area contributed by atoms with Crippen molar-refractivity contribution >= 4 is 17.5 Å². The maximum atomic E-state index is 4.78. The second-order valence-electron chi connectivity index (χ2n) is 6.28. The quantitative estimate of drug-likeness (QED) is 0.550. The minimum absolute atomic E-state index is 0.636. The Morgan fingerprint density at radius 1 is 1.08 bits per heavy atom. The molecular weight excluding hydrogens is 318 g/mol. The Bertz CT molecular complexity index is 927. The lowest BCUT2D eigenvalue weighted by Gasteiger charge is -2.32. The molecule has 2 aliphatic heterocycles. The van der Waals surface area contributed by atoms with Crippen LogP contribution in [0.5, 0.6) is 0 Å². The molecule has 2 aliphatic rings. The fourth-order valence-electron chi connectivity index (χ4n) is 3.20. The van der Waals surface area contributed by atoms with Crippen molar-refractivity contribution in [1.29, 1.82) is 0 Å². The molecular formula is C16H17N9. The second-order valence-corrected chi connectivity index (χ2v) is 6.28. The number of para-hydroxylation sites is 2. The maximum absolute atomic E-state index is 4.78. The largest absolute Gasteiger partial charge is 0.338 e. The van der Waals surface area contributed by atoms with Gasteiger partial charge in [-0.3, -0.25) is 0 Å². The summed E-state index contributed by atoms with van der Waals surface area (Å²) in [6.07, 6.45) is 1.80. The van der Waals surface area contributed by atoms with Crippen molar-refractivity contribution in [3.63, 3.8) is 0 Å². The molecule has 9 nitrogen and oxygen atoms in total. The first kappa shape index (κ1) is 14.3. The highest BCUT2D eigenvalue weighted by molar-refractivity contribution is 5.81. The Labute approximate surface area is 144 Å². The van der Waals surface area contributed by atoms with E-state index in [-0.39, 0.29) is 0 Å². The van der Waals surface area contributed by atoms with E-state index in [0.29, 0.717) is 5.82 Å². The fraction of sp³-hybridized carbons (Fsp3) is 0.312. The molecule has 0 bridgehead atoms. The van der Waals surface area contributed by atoms with Crippen LogP contribution in [0.4, 0.5) is 17.5 Å². The number of tetrazole rings is 1. The molecule has 1 fully saturated rings. The van der Waals surface area contributed by atoms with Crippen LogP contribution in [0.15, 0.2) is 30.5 Å². The summed E-state index contributed by atoms with van der Waals surface area (Å²) >= 11 is 0. The van der Waals surface area contributed by atoms with Crippen LogP contribution in [0.25, 0.3) is 17.1 Å². The summed E-state index contributed by atoms with van der Waals surface area (Å²) in [5.74, 6) is 2.10. The van der Waals surface area contributed by atoms with Crippen LogP contribution in [-0.2, 0) is 0 Å². The third kappa shape index (κ3) is 2.31. The number of anilines is 3. The number of hydrogen-bond donors (Lipinski definition) is 1. The lowest BCUT2D eigenvalue weighted by molar-refractivity contribution is 0.311.